The van der Waals surface area contributed by atoms with Crippen LogP contribution in [-0.2, 0) is 27.2 Å². The van der Waals surface area contributed by atoms with Gasteiger partial charge in [-0.15, -0.1) is 0 Å². The average Bonchev–Trinajstić information content (AvgIpc) is 4.00. The Morgan fingerprint density at radius 1 is 0.953 bits per heavy atom. The highest BCUT2D eigenvalue weighted by Crippen LogP contribution is 2.40. The molecule has 4 heterocycles. The van der Waals surface area contributed by atoms with Crippen LogP contribution in [0.2, 0.25) is 0 Å². The zero-order valence-electron chi connectivity index (χ0n) is 35.3. The highest BCUT2D eigenvalue weighted by molar-refractivity contribution is 5.87. The number of aliphatic hydroxyl groups is 1. The van der Waals surface area contributed by atoms with Gasteiger partial charge in [-0.25, -0.2) is 23.2 Å². The van der Waals surface area contributed by atoms with Crippen molar-refractivity contribution in [2.75, 3.05) is 57.9 Å². The Labute approximate surface area is 365 Å². The second-order valence-electron chi connectivity index (χ2n) is 16.1. The Balaban J connectivity index is 1.13. The molecular weight excluding hydrogens is 854 g/mol. The first-order valence-corrected chi connectivity index (χ1v) is 20.5. The third-order valence-corrected chi connectivity index (χ3v) is 11.5. The number of pyridine rings is 1. The van der Waals surface area contributed by atoms with Crippen LogP contribution in [0.3, 0.4) is 0 Å². The number of amides is 2. The Bertz CT molecular complexity index is 2250. The number of ether oxygens (including phenoxy) is 2. The van der Waals surface area contributed by atoms with Crippen molar-refractivity contribution in [1.82, 2.24) is 35.6 Å². The minimum absolute atomic E-state index is 0.0402. The van der Waals surface area contributed by atoms with Gasteiger partial charge in [-0.05, 0) is 74.2 Å². The summed E-state index contributed by atoms with van der Waals surface area (Å²) >= 11 is 0. The molecule has 6 rings (SSSR count). The first-order valence-electron chi connectivity index (χ1n) is 20.5. The lowest BCUT2D eigenvalue weighted by Gasteiger charge is -2.38. The first-order chi connectivity index (χ1) is 30.4. The van der Waals surface area contributed by atoms with Gasteiger partial charge in [0.15, 0.2) is 0 Å². The number of piperazine rings is 1. The summed E-state index contributed by atoms with van der Waals surface area (Å²) < 4.78 is 109. The van der Waals surface area contributed by atoms with Gasteiger partial charge in [-0.2, -0.15) is 27.1 Å². The van der Waals surface area contributed by atoms with Crippen molar-refractivity contribution in [2.24, 2.45) is 5.41 Å². The van der Waals surface area contributed by atoms with Crippen LogP contribution in [0.1, 0.15) is 49.1 Å². The minimum atomic E-state index is -4.98. The van der Waals surface area contributed by atoms with Gasteiger partial charge in [0.05, 0.1) is 37.5 Å². The standard InChI is InChI=1S/C44H49F7N8O5/c1-43(2,44(49,50)51)39(56-42(62)63-3)40(61)55-36(37(60)24-52-23-33-34(45)19-30(20-35(33)46)31-22-54-59(25-31)41(47)48)18-28-7-4-27(5-8-28)6-9-29-10-11-38(53-21-29)58-15-13-57(14-16-58)32-12-17-64-26-32/h4-5,7-8,10-11,19-22,25,32,36-37,39,41,52,60H,12-18,23-24,26H2,1-3H3,(H,55,61)(H,56,62)/t32?,36-,37-,39+/m0/s1. The normalized spacial score (nSPS) is 17.4. The summed E-state index contributed by atoms with van der Waals surface area (Å²) in [6, 6.07) is 9.32. The minimum Gasteiger partial charge on any atom is -0.453 e. The number of benzene rings is 2. The van der Waals surface area contributed by atoms with Crippen LogP contribution in [0.25, 0.3) is 11.1 Å². The quantitative estimate of drug-likeness (QED) is 0.0902. The Morgan fingerprint density at radius 2 is 1.62 bits per heavy atom. The summed E-state index contributed by atoms with van der Waals surface area (Å²) in [6.45, 7) is 2.74. The lowest BCUT2D eigenvalue weighted by atomic mass is 9.82. The van der Waals surface area contributed by atoms with Crippen molar-refractivity contribution in [2.45, 2.75) is 70.2 Å². The summed E-state index contributed by atoms with van der Waals surface area (Å²) in [7, 11) is 0.917. The van der Waals surface area contributed by atoms with E-state index in [1.807, 2.05) is 17.4 Å². The van der Waals surface area contributed by atoms with E-state index in [4.69, 9.17) is 4.74 Å². The van der Waals surface area contributed by atoms with E-state index < -0.39 is 78.6 Å². The Kier molecular flexibility index (Phi) is 15.5. The number of hydrogen-bond acceptors (Lipinski definition) is 10. The second kappa shape index (κ2) is 20.8. The Hall–Kier alpha value is -5.75. The van der Waals surface area contributed by atoms with Crippen LogP contribution in [-0.4, -0.2) is 120 Å². The number of nitrogens with one attached hydrogen (secondary N) is 3. The molecular formula is C44H49F7N8O5. The molecule has 0 radical (unpaired) electrons. The highest BCUT2D eigenvalue weighted by atomic mass is 19.4. The molecule has 13 nitrogen and oxygen atoms in total. The Morgan fingerprint density at radius 3 is 2.20 bits per heavy atom. The molecule has 64 heavy (non-hydrogen) atoms. The molecule has 20 heteroatoms. The number of aliphatic hydroxyl groups excluding tert-OH is 1. The van der Waals surface area contributed by atoms with Crippen molar-refractivity contribution in [3.63, 3.8) is 0 Å². The van der Waals surface area contributed by atoms with Crippen molar-refractivity contribution in [3.05, 3.63) is 101 Å². The topological polar surface area (TPSA) is 146 Å². The van der Waals surface area contributed by atoms with Crippen molar-refractivity contribution in [1.29, 1.82) is 0 Å². The number of anilines is 1. The molecule has 0 aliphatic carbocycles. The number of halogens is 7. The molecule has 2 aliphatic rings. The molecule has 344 valence electrons. The van der Waals surface area contributed by atoms with Gasteiger partial charge in [0.2, 0.25) is 5.91 Å². The van der Waals surface area contributed by atoms with E-state index in [0.29, 0.717) is 27.4 Å². The number of carbonyl (C=O) groups is 2. The number of carbonyl (C=O) groups excluding carboxylic acids is 2. The van der Waals surface area contributed by atoms with E-state index in [1.54, 1.807) is 30.5 Å². The summed E-state index contributed by atoms with van der Waals surface area (Å²) in [5, 5.41) is 21.9. The van der Waals surface area contributed by atoms with E-state index in [9.17, 15) is 36.6 Å². The summed E-state index contributed by atoms with van der Waals surface area (Å²) in [5.74, 6) is 3.65. The summed E-state index contributed by atoms with van der Waals surface area (Å²) in [5.41, 5.74) is -1.47. The smallest absolute Gasteiger partial charge is 0.407 e. The third kappa shape index (κ3) is 11.9. The number of alkyl halides is 5. The monoisotopic (exact) mass is 902 g/mol. The molecule has 2 saturated heterocycles. The third-order valence-electron chi connectivity index (χ3n) is 11.5. The molecule has 2 amide bonds. The largest absolute Gasteiger partial charge is 0.453 e. The van der Waals surface area contributed by atoms with E-state index in [0.717, 1.165) is 97.1 Å². The molecule has 0 saturated carbocycles. The van der Waals surface area contributed by atoms with Crippen LogP contribution in [0.4, 0.5) is 41.3 Å². The van der Waals surface area contributed by atoms with E-state index in [-0.39, 0.29) is 17.5 Å². The first kappa shape index (κ1) is 47.7. The van der Waals surface area contributed by atoms with Crippen LogP contribution in [0, 0.1) is 28.9 Å². The zero-order valence-corrected chi connectivity index (χ0v) is 35.3. The second-order valence-corrected chi connectivity index (χ2v) is 16.1. The lowest BCUT2D eigenvalue weighted by Crippen LogP contribution is -2.62. The van der Waals surface area contributed by atoms with Gasteiger partial charge in [-0.3, -0.25) is 9.69 Å². The van der Waals surface area contributed by atoms with Gasteiger partial charge < -0.3 is 35.4 Å². The van der Waals surface area contributed by atoms with Crippen LogP contribution < -0.4 is 20.9 Å². The zero-order chi connectivity index (χ0) is 46.2. The highest BCUT2D eigenvalue weighted by Gasteiger charge is 2.56. The maximum Gasteiger partial charge on any atom is 0.407 e. The predicted octanol–water partition coefficient (Wildman–Crippen LogP) is 5.42. The van der Waals surface area contributed by atoms with Crippen molar-refractivity contribution in [3.8, 4) is 23.0 Å². The van der Waals surface area contributed by atoms with Crippen molar-refractivity contribution < 1.29 is 54.9 Å². The number of rotatable bonds is 15. The van der Waals surface area contributed by atoms with E-state index in [2.05, 4.69) is 47.1 Å². The number of hydrogen-bond donors (Lipinski definition) is 4. The van der Waals surface area contributed by atoms with Gasteiger partial charge in [0, 0.05) is 86.6 Å². The van der Waals surface area contributed by atoms with E-state index in [1.165, 1.54) is 0 Å². The maximum absolute atomic E-state index is 15.1. The predicted molar refractivity (Wildman–Crippen MR) is 221 cm³/mol. The fourth-order valence-corrected chi connectivity index (χ4v) is 7.38. The molecule has 2 fully saturated rings. The number of alkyl carbamates (subject to hydrolysis) is 1. The van der Waals surface area contributed by atoms with Crippen LogP contribution in [0.15, 0.2) is 67.1 Å². The van der Waals surface area contributed by atoms with Crippen LogP contribution in [0.5, 0.6) is 0 Å². The van der Waals surface area contributed by atoms with E-state index >= 15 is 8.78 Å². The average molecular weight is 903 g/mol. The van der Waals surface area contributed by atoms with Gasteiger partial charge in [-0.1, -0.05) is 24.0 Å². The number of nitrogens with zero attached hydrogens (tertiary/aromatic N) is 5. The molecule has 4 N–H and O–H groups in total. The number of methoxy groups -OCH3 is 1. The molecule has 2 aromatic carbocycles. The SMILES string of the molecule is COC(=O)N[C@H](C(=O)N[C@@H](Cc1ccc(C#Cc2ccc(N3CCN(C4CCOC4)CC3)nc2)cc1)[C@@H](O)CNCc1c(F)cc(-c2cnn(C(F)F)c2)cc1F)C(C)(C)C(F)(F)F. The van der Waals surface area contributed by atoms with Gasteiger partial charge in [0.25, 0.3) is 0 Å². The molecule has 2 aromatic heterocycles. The molecule has 2 aliphatic heterocycles. The fourth-order valence-electron chi connectivity index (χ4n) is 7.38. The van der Waals surface area contributed by atoms with Crippen LogP contribution >= 0.6 is 0 Å². The fraction of sp³-hybridized carbons (Fsp3) is 0.455. The molecule has 0 spiro atoms. The molecule has 4 atom stereocenters. The van der Waals surface area contributed by atoms with Gasteiger partial charge >= 0.3 is 18.8 Å². The molecule has 1 unspecified atom stereocenters. The number of aromatic nitrogens is 3. The van der Waals surface area contributed by atoms with Crippen molar-refractivity contribution >= 4 is 17.8 Å². The maximum atomic E-state index is 15.1. The summed E-state index contributed by atoms with van der Waals surface area (Å²) in [4.78, 5) is 35.1. The molecule has 0 bridgehead atoms. The van der Waals surface area contributed by atoms with Gasteiger partial charge in [0.1, 0.15) is 23.5 Å². The molecule has 4 aromatic rings. The summed E-state index contributed by atoms with van der Waals surface area (Å²) in [6.07, 6.45) is -3.28. The lowest BCUT2D eigenvalue weighted by molar-refractivity contribution is -0.220.